The van der Waals surface area contributed by atoms with Crippen molar-refractivity contribution in [3.8, 4) is 0 Å². The van der Waals surface area contributed by atoms with E-state index in [1.165, 1.54) is 24.3 Å². The molecule has 0 bridgehead atoms. The van der Waals surface area contributed by atoms with Gasteiger partial charge in [0.1, 0.15) is 11.6 Å². The smallest absolute Gasteiger partial charge is 0.319 e. The van der Waals surface area contributed by atoms with Gasteiger partial charge in [-0.2, -0.15) is 13.2 Å². The van der Waals surface area contributed by atoms with Gasteiger partial charge in [0.05, 0.1) is 16.8 Å². The second-order valence-corrected chi connectivity index (χ2v) is 7.19. The lowest BCUT2D eigenvalue weighted by molar-refractivity contribution is -0.138. The molecule has 0 radical (unpaired) electrons. The molecule has 31 heavy (non-hydrogen) atoms. The first-order valence-electron chi connectivity index (χ1n) is 9.47. The van der Waals surface area contributed by atoms with E-state index in [1.54, 1.807) is 6.07 Å². The molecular weight excluding hydrogens is 410 g/mol. The number of carbonyl (C=O) groups is 2. The van der Waals surface area contributed by atoms with Crippen molar-refractivity contribution >= 4 is 17.4 Å². The number of Topliss-reactive ketones (excluding diaryl/α,β-unsaturated/α-hetero) is 1. The zero-order valence-electron chi connectivity index (χ0n) is 16.6. The number of amides is 1. The summed E-state index contributed by atoms with van der Waals surface area (Å²) in [7, 11) is 0. The van der Waals surface area contributed by atoms with Gasteiger partial charge in [-0.3, -0.25) is 9.59 Å². The molecule has 0 heterocycles. The highest BCUT2D eigenvalue weighted by Gasteiger charge is 2.35. The molecule has 3 aromatic rings. The summed E-state index contributed by atoms with van der Waals surface area (Å²) in [6.07, 6.45) is -4.93. The van der Waals surface area contributed by atoms with Crippen LogP contribution >= 0.6 is 0 Å². The largest absolute Gasteiger partial charge is 0.417 e. The number of alkyl halides is 3. The second kappa shape index (κ2) is 9.12. The predicted molar refractivity (Wildman–Crippen MR) is 109 cm³/mol. The van der Waals surface area contributed by atoms with Crippen LogP contribution in [0.5, 0.6) is 0 Å². The summed E-state index contributed by atoms with van der Waals surface area (Å²) in [5.41, 5.74) is -0.143. The molecule has 0 aromatic heterocycles. The summed E-state index contributed by atoms with van der Waals surface area (Å²) in [5.74, 6) is -2.10. The van der Waals surface area contributed by atoms with Crippen LogP contribution in [0.3, 0.4) is 0 Å². The Hall–Kier alpha value is -3.48. The number of carbonyl (C=O) groups excluding carboxylic acids is 2. The van der Waals surface area contributed by atoms with E-state index >= 15 is 0 Å². The molecule has 0 aliphatic rings. The molecule has 3 aromatic carbocycles. The van der Waals surface area contributed by atoms with E-state index < -0.39 is 29.0 Å². The number of aryl methyl sites for hydroxylation is 1. The van der Waals surface area contributed by atoms with Crippen molar-refractivity contribution in [1.82, 2.24) is 0 Å². The van der Waals surface area contributed by atoms with Crippen LogP contribution in [-0.2, 0) is 23.8 Å². The number of hydrogen-bond acceptors (Lipinski definition) is 2. The maximum Gasteiger partial charge on any atom is 0.417 e. The minimum atomic E-state index is -4.82. The van der Waals surface area contributed by atoms with Crippen molar-refractivity contribution in [3.05, 3.63) is 100 Å². The standard InChI is InChI=1S/C24H19F4NO2/c1-15-5-4-6-16(11-15)12-18(30)13-17-9-10-19(20(14-17)24(26,27)28)23(31)29-22-8-3-2-7-21(22)25/h2-11,14H,12-13H2,1H3,(H,29,31). The van der Waals surface area contributed by atoms with Gasteiger partial charge >= 0.3 is 6.18 Å². The van der Waals surface area contributed by atoms with Crippen molar-refractivity contribution in [2.24, 2.45) is 0 Å². The van der Waals surface area contributed by atoms with Crippen molar-refractivity contribution in [2.45, 2.75) is 25.9 Å². The summed E-state index contributed by atoms with van der Waals surface area (Å²) in [4.78, 5) is 24.7. The highest BCUT2D eigenvalue weighted by atomic mass is 19.4. The van der Waals surface area contributed by atoms with Crippen LogP contribution in [0.1, 0.15) is 32.6 Å². The third-order valence-corrected chi connectivity index (χ3v) is 4.64. The molecule has 0 fully saturated rings. The minimum Gasteiger partial charge on any atom is -0.319 e. The summed E-state index contributed by atoms with van der Waals surface area (Å²) in [6, 6.07) is 15.6. The molecule has 0 atom stereocenters. The fraction of sp³-hybridized carbons (Fsp3) is 0.167. The monoisotopic (exact) mass is 429 g/mol. The highest BCUT2D eigenvalue weighted by Crippen LogP contribution is 2.33. The maximum absolute atomic E-state index is 13.7. The number of hydrogen-bond donors (Lipinski definition) is 1. The van der Waals surface area contributed by atoms with Gasteiger partial charge in [-0.05, 0) is 42.3 Å². The number of ketones is 1. The first kappa shape index (κ1) is 22.2. The molecule has 1 N–H and O–H groups in total. The Bertz CT molecular complexity index is 1120. The number of nitrogens with one attached hydrogen (secondary N) is 1. The lowest BCUT2D eigenvalue weighted by atomic mass is 9.97. The molecule has 0 unspecified atom stereocenters. The lowest BCUT2D eigenvalue weighted by Crippen LogP contribution is -2.20. The Morgan fingerprint density at radius 3 is 2.19 bits per heavy atom. The van der Waals surface area contributed by atoms with E-state index in [4.69, 9.17) is 0 Å². The number of benzene rings is 3. The molecule has 3 nitrogen and oxygen atoms in total. The molecule has 0 saturated heterocycles. The van der Waals surface area contributed by atoms with Crippen LogP contribution in [-0.4, -0.2) is 11.7 Å². The number of anilines is 1. The quantitative estimate of drug-likeness (QED) is 0.507. The van der Waals surface area contributed by atoms with Crippen molar-refractivity contribution in [3.63, 3.8) is 0 Å². The van der Waals surface area contributed by atoms with Gasteiger partial charge < -0.3 is 5.32 Å². The van der Waals surface area contributed by atoms with E-state index in [9.17, 15) is 27.2 Å². The zero-order valence-corrected chi connectivity index (χ0v) is 16.6. The minimum absolute atomic E-state index is 0.0958. The van der Waals surface area contributed by atoms with Gasteiger partial charge in [0, 0.05) is 12.8 Å². The van der Waals surface area contributed by atoms with E-state index in [0.717, 1.165) is 29.3 Å². The van der Waals surface area contributed by atoms with Crippen LogP contribution in [0.4, 0.5) is 23.2 Å². The lowest BCUT2D eigenvalue weighted by Gasteiger charge is -2.15. The van der Waals surface area contributed by atoms with Gasteiger partial charge in [0.15, 0.2) is 0 Å². The van der Waals surface area contributed by atoms with Gasteiger partial charge in [0.25, 0.3) is 5.91 Å². The van der Waals surface area contributed by atoms with Gasteiger partial charge in [-0.15, -0.1) is 0 Å². The summed E-state index contributed by atoms with van der Waals surface area (Å²) >= 11 is 0. The SMILES string of the molecule is Cc1cccc(CC(=O)Cc2ccc(C(=O)Nc3ccccc3F)c(C(F)(F)F)c2)c1. The molecule has 1 amide bonds. The summed E-state index contributed by atoms with van der Waals surface area (Å²) < 4.78 is 54.5. The molecular formula is C24H19F4NO2. The van der Waals surface area contributed by atoms with Crippen LogP contribution in [0.15, 0.2) is 66.7 Å². The first-order chi connectivity index (χ1) is 14.6. The molecule has 0 saturated carbocycles. The molecule has 160 valence electrons. The van der Waals surface area contributed by atoms with E-state index in [-0.39, 0.29) is 29.9 Å². The van der Waals surface area contributed by atoms with E-state index in [0.29, 0.717) is 0 Å². The average molecular weight is 429 g/mol. The first-order valence-corrected chi connectivity index (χ1v) is 9.47. The zero-order chi connectivity index (χ0) is 22.6. The van der Waals surface area contributed by atoms with Crippen molar-refractivity contribution in [2.75, 3.05) is 5.32 Å². The van der Waals surface area contributed by atoms with Gasteiger partial charge in [0.2, 0.25) is 0 Å². The third kappa shape index (κ3) is 5.78. The van der Waals surface area contributed by atoms with E-state index in [2.05, 4.69) is 5.32 Å². The van der Waals surface area contributed by atoms with Crippen molar-refractivity contribution < 1.29 is 27.2 Å². The molecule has 3 rings (SSSR count). The Balaban J connectivity index is 1.82. The second-order valence-electron chi connectivity index (χ2n) is 7.19. The van der Waals surface area contributed by atoms with Crippen LogP contribution < -0.4 is 5.32 Å². The number of halogens is 4. The Kier molecular flexibility index (Phi) is 6.53. The van der Waals surface area contributed by atoms with Gasteiger partial charge in [-0.1, -0.05) is 48.0 Å². The predicted octanol–water partition coefficient (Wildman–Crippen LogP) is 5.76. The van der Waals surface area contributed by atoms with Crippen LogP contribution in [0.25, 0.3) is 0 Å². The Labute approximate surface area is 176 Å². The molecule has 0 aliphatic carbocycles. The highest BCUT2D eigenvalue weighted by molar-refractivity contribution is 6.05. The molecule has 0 aliphatic heterocycles. The van der Waals surface area contributed by atoms with Crippen molar-refractivity contribution in [1.29, 1.82) is 0 Å². The summed E-state index contributed by atoms with van der Waals surface area (Å²) in [5, 5.41) is 2.16. The Morgan fingerprint density at radius 2 is 1.55 bits per heavy atom. The maximum atomic E-state index is 13.7. The average Bonchev–Trinajstić information content (AvgIpc) is 2.69. The third-order valence-electron chi connectivity index (χ3n) is 4.64. The molecule has 7 heteroatoms. The fourth-order valence-electron chi connectivity index (χ4n) is 3.23. The topological polar surface area (TPSA) is 46.2 Å². The number of rotatable bonds is 6. The van der Waals surface area contributed by atoms with Crippen LogP contribution in [0.2, 0.25) is 0 Å². The van der Waals surface area contributed by atoms with Crippen LogP contribution in [0, 0.1) is 12.7 Å². The molecule has 0 spiro atoms. The normalized spacial score (nSPS) is 11.3. The summed E-state index contributed by atoms with van der Waals surface area (Å²) in [6.45, 7) is 1.88. The van der Waals surface area contributed by atoms with Gasteiger partial charge in [-0.25, -0.2) is 4.39 Å². The number of para-hydroxylation sites is 1. The fourth-order valence-corrected chi connectivity index (χ4v) is 3.23. The van der Waals surface area contributed by atoms with E-state index in [1.807, 2.05) is 25.1 Å². The Morgan fingerprint density at radius 1 is 0.871 bits per heavy atom.